The minimum atomic E-state index is -0.378. The van der Waals surface area contributed by atoms with Gasteiger partial charge in [0.05, 0.1) is 0 Å². The van der Waals surface area contributed by atoms with Crippen LogP contribution in [-0.4, -0.2) is 5.24 Å². The Morgan fingerprint density at radius 3 is 2.80 bits per heavy atom. The molecule has 0 saturated carbocycles. The third-order valence-corrected chi connectivity index (χ3v) is 2.13. The molecule has 0 unspecified atom stereocenters. The molecule has 0 aromatic carbocycles. The molecule has 0 aliphatic heterocycles. The average molecular weight is 221 g/mol. The summed E-state index contributed by atoms with van der Waals surface area (Å²) in [6.07, 6.45) is 5.47. The number of hydrogen-bond acceptors (Lipinski definition) is 1. The monoisotopic (exact) mass is 220 g/mol. The molecule has 0 amide bonds. The summed E-state index contributed by atoms with van der Waals surface area (Å²) in [6, 6.07) is 0. The van der Waals surface area contributed by atoms with Crippen LogP contribution >= 0.6 is 27.5 Å². The van der Waals surface area contributed by atoms with Crippen molar-refractivity contribution in [2.45, 2.75) is 12.8 Å². The predicted octanol–water partition coefficient (Wildman–Crippen LogP) is 2.75. The molecular weight excluding hydrogens is 215 g/mol. The van der Waals surface area contributed by atoms with Crippen molar-refractivity contribution < 1.29 is 4.79 Å². The van der Waals surface area contributed by atoms with E-state index < -0.39 is 0 Å². The van der Waals surface area contributed by atoms with Gasteiger partial charge in [0.15, 0.2) is 0 Å². The van der Waals surface area contributed by atoms with Gasteiger partial charge in [-0.15, -0.1) is 0 Å². The third-order valence-electron chi connectivity index (χ3n) is 1.29. The van der Waals surface area contributed by atoms with Gasteiger partial charge < -0.3 is 0 Å². The Labute approximate surface area is 72.9 Å². The highest BCUT2D eigenvalue weighted by molar-refractivity contribution is 9.11. The molecule has 0 fully saturated rings. The Kier molecular flexibility index (Phi) is 2.69. The highest BCUT2D eigenvalue weighted by Crippen LogP contribution is 2.22. The molecule has 0 saturated heterocycles. The fraction of sp³-hybridized carbons (Fsp3) is 0.286. The molecule has 1 rings (SSSR count). The summed E-state index contributed by atoms with van der Waals surface area (Å²) >= 11 is 8.56. The average Bonchev–Trinajstić information content (AvgIpc) is 1.88. The van der Waals surface area contributed by atoms with Gasteiger partial charge in [-0.2, -0.15) is 0 Å². The van der Waals surface area contributed by atoms with Gasteiger partial charge in [0.25, 0.3) is 5.24 Å². The Morgan fingerprint density at radius 1 is 1.70 bits per heavy atom. The van der Waals surface area contributed by atoms with E-state index >= 15 is 0 Å². The van der Waals surface area contributed by atoms with Gasteiger partial charge in [0, 0.05) is 5.57 Å². The molecular formula is C7H6BrClO. The third kappa shape index (κ3) is 1.96. The summed E-state index contributed by atoms with van der Waals surface area (Å²) in [6.45, 7) is 0. The number of carbonyl (C=O) groups is 1. The normalized spacial score (nSPS) is 17.8. The summed E-state index contributed by atoms with van der Waals surface area (Å²) < 4.78 is 1.04. The fourth-order valence-electron chi connectivity index (χ4n) is 0.802. The second-order valence-electron chi connectivity index (χ2n) is 2.06. The van der Waals surface area contributed by atoms with Gasteiger partial charge in [-0.1, -0.05) is 22.0 Å². The standard InChI is InChI=1S/C7H6BrClO/c8-6-3-1-2-5(4-6)7(9)10/h2,4H,1,3H2. The molecule has 0 radical (unpaired) electrons. The maximum Gasteiger partial charge on any atom is 0.252 e. The van der Waals surface area contributed by atoms with Crippen LogP contribution in [0.4, 0.5) is 0 Å². The van der Waals surface area contributed by atoms with Gasteiger partial charge in [-0.05, 0) is 35.0 Å². The number of halogens is 2. The fourth-order valence-corrected chi connectivity index (χ4v) is 1.41. The van der Waals surface area contributed by atoms with E-state index in [1.165, 1.54) is 0 Å². The summed E-state index contributed by atoms with van der Waals surface area (Å²) in [7, 11) is 0. The number of rotatable bonds is 1. The van der Waals surface area contributed by atoms with E-state index in [1.54, 1.807) is 6.08 Å². The van der Waals surface area contributed by atoms with Gasteiger partial charge >= 0.3 is 0 Å². The molecule has 3 heteroatoms. The Balaban J connectivity index is 2.79. The first-order chi connectivity index (χ1) is 4.70. The first kappa shape index (κ1) is 8.02. The van der Waals surface area contributed by atoms with E-state index in [-0.39, 0.29) is 5.24 Å². The number of carbonyl (C=O) groups excluding carboxylic acids is 1. The van der Waals surface area contributed by atoms with E-state index in [0.29, 0.717) is 5.57 Å². The van der Waals surface area contributed by atoms with E-state index in [4.69, 9.17) is 11.6 Å². The lowest BCUT2D eigenvalue weighted by Crippen LogP contribution is -1.94. The molecule has 1 aliphatic rings. The molecule has 0 bridgehead atoms. The van der Waals surface area contributed by atoms with Crippen molar-refractivity contribution in [1.82, 2.24) is 0 Å². The van der Waals surface area contributed by atoms with Gasteiger partial charge in [-0.3, -0.25) is 4.79 Å². The van der Waals surface area contributed by atoms with Crippen LogP contribution in [0.1, 0.15) is 12.8 Å². The van der Waals surface area contributed by atoms with Crippen molar-refractivity contribution in [2.24, 2.45) is 0 Å². The first-order valence-corrected chi connectivity index (χ1v) is 4.13. The van der Waals surface area contributed by atoms with Crippen LogP contribution in [0.2, 0.25) is 0 Å². The zero-order chi connectivity index (χ0) is 7.56. The van der Waals surface area contributed by atoms with Gasteiger partial charge in [0.1, 0.15) is 0 Å². The molecule has 0 spiro atoms. The second kappa shape index (κ2) is 3.35. The van der Waals surface area contributed by atoms with Gasteiger partial charge in [0.2, 0.25) is 0 Å². The zero-order valence-corrected chi connectivity index (χ0v) is 7.58. The Morgan fingerprint density at radius 2 is 2.40 bits per heavy atom. The topological polar surface area (TPSA) is 17.1 Å². The van der Waals surface area contributed by atoms with Crippen molar-refractivity contribution in [3.8, 4) is 0 Å². The van der Waals surface area contributed by atoms with Crippen LogP contribution in [0.3, 0.4) is 0 Å². The number of hydrogen-bond donors (Lipinski definition) is 0. The van der Waals surface area contributed by atoms with Crippen LogP contribution in [0.5, 0.6) is 0 Å². The highest BCUT2D eigenvalue weighted by Gasteiger charge is 2.07. The molecule has 1 aliphatic carbocycles. The van der Waals surface area contributed by atoms with Crippen LogP contribution in [0.25, 0.3) is 0 Å². The maximum atomic E-state index is 10.6. The molecule has 1 nitrogen and oxygen atoms in total. The van der Waals surface area contributed by atoms with Crippen molar-refractivity contribution >= 4 is 32.8 Å². The lowest BCUT2D eigenvalue weighted by atomic mass is 10.1. The quantitative estimate of drug-likeness (QED) is 0.622. The van der Waals surface area contributed by atoms with Crippen molar-refractivity contribution in [2.75, 3.05) is 0 Å². The predicted molar refractivity (Wildman–Crippen MR) is 45.2 cm³/mol. The van der Waals surface area contributed by atoms with Gasteiger partial charge in [-0.25, -0.2) is 0 Å². The number of allylic oxidation sites excluding steroid dienone is 4. The molecule has 0 aromatic rings. The maximum absolute atomic E-state index is 10.6. The second-order valence-corrected chi connectivity index (χ2v) is 3.42. The van der Waals surface area contributed by atoms with E-state index in [9.17, 15) is 4.79 Å². The minimum absolute atomic E-state index is 0.378. The lowest BCUT2D eigenvalue weighted by Gasteiger charge is -2.04. The first-order valence-electron chi connectivity index (χ1n) is 2.96. The smallest absolute Gasteiger partial charge is 0.252 e. The molecule has 0 aromatic heterocycles. The summed E-state index contributed by atoms with van der Waals surface area (Å²) in [5.41, 5.74) is 0.597. The summed E-state index contributed by atoms with van der Waals surface area (Å²) in [4.78, 5) is 10.6. The molecule has 10 heavy (non-hydrogen) atoms. The molecule has 54 valence electrons. The van der Waals surface area contributed by atoms with Crippen LogP contribution < -0.4 is 0 Å². The van der Waals surface area contributed by atoms with Crippen LogP contribution in [0.15, 0.2) is 22.2 Å². The van der Waals surface area contributed by atoms with E-state index in [0.717, 1.165) is 17.3 Å². The van der Waals surface area contributed by atoms with E-state index in [2.05, 4.69) is 15.9 Å². The Hall–Kier alpha value is -0.0800. The molecule has 0 atom stereocenters. The SMILES string of the molecule is O=C(Cl)C1=CCCC(Br)=C1. The largest absolute Gasteiger partial charge is 0.276 e. The molecule has 0 heterocycles. The van der Waals surface area contributed by atoms with Crippen molar-refractivity contribution in [3.05, 3.63) is 22.2 Å². The van der Waals surface area contributed by atoms with E-state index in [1.807, 2.05) is 6.08 Å². The summed E-state index contributed by atoms with van der Waals surface area (Å²) in [5, 5.41) is -0.378. The van der Waals surface area contributed by atoms with Crippen LogP contribution in [0, 0.1) is 0 Å². The molecule has 0 N–H and O–H groups in total. The van der Waals surface area contributed by atoms with Crippen molar-refractivity contribution in [1.29, 1.82) is 0 Å². The zero-order valence-electron chi connectivity index (χ0n) is 5.23. The van der Waals surface area contributed by atoms with Crippen LogP contribution in [-0.2, 0) is 4.79 Å². The lowest BCUT2D eigenvalue weighted by molar-refractivity contribution is -0.108. The summed E-state index contributed by atoms with van der Waals surface area (Å²) in [5.74, 6) is 0. The Bertz CT molecular complexity index is 218. The van der Waals surface area contributed by atoms with Crippen molar-refractivity contribution in [3.63, 3.8) is 0 Å². The minimum Gasteiger partial charge on any atom is -0.276 e. The highest BCUT2D eigenvalue weighted by atomic mass is 79.9.